The molecule has 0 spiro atoms. The Kier molecular flexibility index (Phi) is 4.13. The van der Waals surface area contributed by atoms with Crippen LogP contribution in [0.25, 0.3) is 0 Å². The summed E-state index contributed by atoms with van der Waals surface area (Å²) in [5, 5.41) is 12.6. The zero-order chi connectivity index (χ0) is 14.9. The fraction of sp³-hybridized carbons (Fsp3) is 0.600. The van der Waals surface area contributed by atoms with Gasteiger partial charge < -0.3 is 4.74 Å². The van der Waals surface area contributed by atoms with Crippen molar-refractivity contribution in [2.24, 2.45) is 0 Å². The lowest BCUT2D eigenvalue weighted by Crippen LogP contribution is -2.16. The number of thiazole rings is 1. The molecule has 0 aliphatic carbocycles. The molecule has 2 aromatic rings. The van der Waals surface area contributed by atoms with E-state index in [0.717, 1.165) is 47.9 Å². The van der Waals surface area contributed by atoms with E-state index in [0.29, 0.717) is 11.7 Å². The zero-order valence-electron chi connectivity index (χ0n) is 10.6. The molecule has 1 fully saturated rings. The van der Waals surface area contributed by atoms with Crippen molar-refractivity contribution >= 4 is 23.1 Å². The van der Waals surface area contributed by atoms with Gasteiger partial charge in [0, 0.05) is 12.0 Å². The normalized spacial score (nSPS) is 19.3. The van der Waals surface area contributed by atoms with Crippen LogP contribution < -0.4 is 0 Å². The first-order valence-corrected chi connectivity index (χ1v) is 7.80. The Hall–Kier alpha value is -1.20. The van der Waals surface area contributed by atoms with Crippen molar-refractivity contribution in [3.63, 3.8) is 0 Å². The monoisotopic (exact) mass is 337 g/mol. The van der Waals surface area contributed by atoms with Gasteiger partial charge in [-0.05, 0) is 35.0 Å². The van der Waals surface area contributed by atoms with Gasteiger partial charge in [-0.2, -0.15) is 13.2 Å². The fourth-order valence-corrected chi connectivity index (χ4v) is 3.58. The minimum absolute atomic E-state index is 0.0508. The highest BCUT2D eigenvalue weighted by Crippen LogP contribution is 2.35. The van der Waals surface area contributed by atoms with Gasteiger partial charge in [0.2, 0.25) is 5.16 Å². The molecular weight excluding hydrogens is 327 g/mol. The van der Waals surface area contributed by atoms with Crippen LogP contribution in [-0.4, -0.2) is 37.9 Å². The third-order valence-electron chi connectivity index (χ3n) is 2.85. The molecule has 3 heterocycles. The van der Waals surface area contributed by atoms with Crippen LogP contribution in [0, 0.1) is 0 Å². The number of hydrogen-bond acceptors (Lipinski definition) is 7. The van der Waals surface area contributed by atoms with E-state index in [9.17, 15) is 13.2 Å². The number of rotatable bonds is 4. The molecule has 21 heavy (non-hydrogen) atoms. The fourth-order valence-electron chi connectivity index (χ4n) is 1.88. The molecule has 0 amide bonds. The van der Waals surface area contributed by atoms with E-state index in [-0.39, 0.29) is 10.4 Å². The molecule has 0 bridgehead atoms. The number of alkyl halides is 3. The molecule has 114 valence electrons. The smallest absolute Gasteiger partial charge is 0.376 e. The Bertz CT molecular complexity index is 608. The Balaban J connectivity index is 1.70. The molecular formula is C10H10F3N5OS2. The third kappa shape index (κ3) is 3.52. The van der Waals surface area contributed by atoms with E-state index < -0.39 is 11.9 Å². The Morgan fingerprint density at radius 1 is 1.48 bits per heavy atom. The molecule has 1 unspecified atom stereocenters. The van der Waals surface area contributed by atoms with Crippen molar-refractivity contribution < 1.29 is 17.9 Å². The maximum atomic E-state index is 12.5. The number of hydrogen-bond donors (Lipinski definition) is 0. The minimum Gasteiger partial charge on any atom is -0.376 e. The van der Waals surface area contributed by atoms with Gasteiger partial charge in [-0.25, -0.2) is 9.67 Å². The van der Waals surface area contributed by atoms with Crippen LogP contribution in [0.4, 0.5) is 13.2 Å². The SMILES string of the molecule is FC(F)(F)c1csc(Sc2nnnn2CC2CCCO2)n1. The predicted molar refractivity (Wildman–Crippen MR) is 68.0 cm³/mol. The maximum absolute atomic E-state index is 12.5. The molecule has 0 aromatic carbocycles. The van der Waals surface area contributed by atoms with Crippen LogP contribution in [0.15, 0.2) is 14.9 Å². The second-order valence-electron chi connectivity index (χ2n) is 4.38. The molecule has 0 saturated carbocycles. The predicted octanol–water partition coefficient (Wildman–Crippen LogP) is 2.48. The second-order valence-corrected chi connectivity index (χ2v) is 6.45. The quantitative estimate of drug-likeness (QED) is 0.854. The van der Waals surface area contributed by atoms with Gasteiger partial charge in [-0.3, -0.25) is 0 Å². The summed E-state index contributed by atoms with van der Waals surface area (Å²) >= 11 is 1.94. The van der Waals surface area contributed by atoms with Gasteiger partial charge in [-0.1, -0.05) is 0 Å². The van der Waals surface area contributed by atoms with Crippen molar-refractivity contribution in [2.75, 3.05) is 6.61 Å². The van der Waals surface area contributed by atoms with Crippen LogP contribution in [-0.2, 0) is 17.5 Å². The molecule has 0 radical (unpaired) electrons. The van der Waals surface area contributed by atoms with Crippen molar-refractivity contribution in [1.82, 2.24) is 25.2 Å². The minimum atomic E-state index is -4.43. The van der Waals surface area contributed by atoms with Crippen LogP contribution in [0.2, 0.25) is 0 Å². The summed E-state index contributed by atoms with van der Waals surface area (Å²) in [5.41, 5.74) is -0.895. The van der Waals surface area contributed by atoms with E-state index in [2.05, 4.69) is 20.5 Å². The van der Waals surface area contributed by atoms with Gasteiger partial charge >= 0.3 is 6.18 Å². The van der Waals surface area contributed by atoms with E-state index in [1.165, 1.54) is 4.68 Å². The number of ether oxygens (including phenoxy) is 1. The molecule has 1 atom stereocenters. The standard InChI is InChI=1S/C10H10F3N5OS2/c11-10(12,13)7-5-20-9(14-7)21-8-15-16-17-18(8)4-6-2-1-3-19-6/h5-6H,1-4H2. The summed E-state index contributed by atoms with van der Waals surface area (Å²) in [6.07, 6.45) is -2.45. The molecule has 2 aromatic heterocycles. The summed E-state index contributed by atoms with van der Waals surface area (Å²) in [6.45, 7) is 1.21. The lowest BCUT2D eigenvalue weighted by Gasteiger charge is -2.09. The number of nitrogens with zero attached hydrogens (tertiary/aromatic N) is 5. The van der Waals surface area contributed by atoms with Crippen LogP contribution in [0.5, 0.6) is 0 Å². The molecule has 3 rings (SSSR count). The number of aromatic nitrogens is 5. The Morgan fingerprint density at radius 3 is 3.00 bits per heavy atom. The highest BCUT2D eigenvalue weighted by Gasteiger charge is 2.34. The first-order valence-electron chi connectivity index (χ1n) is 6.11. The van der Waals surface area contributed by atoms with Crippen molar-refractivity contribution in [3.05, 3.63) is 11.1 Å². The highest BCUT2D eigenvalue weighted by molar-refractivity contribution is 8.00. The molecule has 0 N–H and O–H groups in total. The van der Waals surface area contributed by atoms with Crippen molar-refractivity contribution in [1.29, 1.82) is 0 Å². The van der Waals surface area contributed by atoms with Crippen LogP contribution >= 0.6 is 23.1 Å². The van der Waals surface area contributed by atoms with Gasteiger partial charge in [0.1, 0.15) is 0 Å². The lowest BCUT2D eigenvalue weighted by molar-refractivity contribution is -0.141. The van der Waals surface area contributed by atoms with Gasteiger partial charge in [-0.15, -0.1) is 16.4 Å². The zero-order valence-corrected chi connectivity index (χ0v) is 12.2. The molecule has 11 heteroatoms. The average molecular weight is 337 g/mol. The molecule has 6 nitrogen and oxygen atoms in total. The molecule has 1 saturated heterocycles. The summed E-state index contributed by atoms with van der Waals surface area (Å²) < 4.78 is 44.8. The Labute approximate surface area is 125 Å². The van der Waals surface area contributed by atoms with Crippen LogP contribution in [0.1, 0.15) is 18.5 Å². The molecule has 1 aliphatic heterocycles. The van der Waals surface area contributed by atoms with Gasteiger partial charge in [0.15, 0.2) is 10.0 Å². The maximum Gasteiger partial charge on any atom is 0.434 e. The number of tetrazole rings is 1. The van der Waals surface area contributed by atoms with Crippen LogP contribution in [0.3, 0.4) is 0 Å². The first kappa shape index (κ1) is 14.7. The number of halogens is 3. The van der Waals surface area contributed by atoms with Gasteiger partial charge in [0.25, 0.3) is 0 Å². The topological polar surface area (TPSA) is 65.7 Å². The molecule has 1 aliphatic rings. The summed E-state index contributed by atoms with van der Waals surface area (Å²) in [6, 6.07) is 0. The van der Waals surface area contributed by atoms with Gasteiger partial charge in [0.05, 0.1) is 12.6 Å². The van der Waals surface area contributed by atoms with E-state index in [4.69, 9.17) is 4.74 Å². The third-order valence-corrected chi connectivity index (χ3v) is 4.77. The highest BCUT2D eigenvalue weighted by atomic mass is 32.2. The van der Waals surface area contributed by atoms with Crippen molar-refractivity contribution in [3.8, 4) is 0 Å². The van der Waals surface area contributed by atoms with Crippen molar-refractivity contribution in [2.45, 2.75) is 41.2 Å². The summed E-state index contributed by atoms with van der Waals surface area (Å²) in [5.74, 6) is 0. The van der Waals surface area contributed by atoms with E-state index in [1.807, 2.05) is 0 Å². The average Bonchev–Trinajstić information content (AvgIpc) is 3.12. The largest absolute Gasteiger partial charge is 0.434 e. The summed E-state index contributed by atoms with van der Waals surface area (Å²) in [4.78, 5) is 3.55. The van der Waals surface area contributed by atoms with E-state index in [1.54, 1.807) is 0 Å². The first-order chi connectivity index (χ1) is 10.0. The second kappa shape index (κ2) is 5.89. The van der Waals surface area contributed by atoms with E-state index >= 15 is 0 Å². The Morgan fingerprint density at radius 2 is 2.33 bits per heavy atom. The lowest BCUT2D eigenvalue weighted by atomic mass is 10.2. The summed E-state index contributed by atoms with van der Waals surface area (Å²) in [7, 11) is 0.